The lowest BCUT2D eigenvalue weighted by Gasteiger charge is -2.21. The molecular formula is C17H24N4O2. The van der Waals surface area contributed by atoms with E-state index >= 15 is 0 Å². The van der Waals surface area contributed by atoms with Crippen molar-refractivity contribution in [2.75, 3.05) is 11.4 Å². The smallest absolute Gasteiger partial charge is 0.227 e. The second-order valence-electron chi connectivity index (χ2n) is 6.39. The van der Waals surface area contributed by atoms with Crippen molar-refractivity contribution in [3.63, 3.8) is 0 Å². The van der Waals surface area contributed by atoms with E-state index in [1.165, 1.54) is 0 Å². The van der Waals surface area contributed by atoms with Gasteiger partial charge in [0.05, 0.1) is 12.1 Å². The molecule has 4 unspecified atom stereocenters. The lowest BCUT2D eigenvalue weighted by Crippen LogP contribution is -2.48. The fourth-order valence-electron chi connectivity index (χ4n) is 3.35. The fourth-order valence-corrected chi connectivity index (χ4v) is 3.35. The topological polar surface area (TPSA) is 73.5 Å². The van der Waals surface area contributed by atoms with Crippen LogP contribution >= 0.6 is 0 Å². The van der Waals surface area contributed by atoms with Crippen molar-refractivity contribution in [1.82, 2.24) is 16.2 Å². The van der Waals surface area contributed by atoms with Crippen LogP contribution in [0.2, 0.25) is 0 Å². The van der Waals surface area contributed by atoms with Crippen molar-refractivity contribution in [2.45, 2.75) is 38.9 Å². The largest absolute Gasteiger partial charge is 0.339 e. The summed E-state index contributed by atoms with van der Waals surface area (Å²) in [5.41, 5.74) is 7.19. The van der Waals surface area contributed by atoms with Crippen LogP contribution in [0, 0.1) is 11.8 Å². The second-order valence-corrected chi connectivity index (χ2v) is 6.39. The van der Waals surface area contributed by atoms with Gasteiger partial charge < -0.3 is 10.2 Å². The molecule has 0 aromatic heterocycles. The van der Waals surface area contributed by atoms with Crippen LogP contribution in [0.25, 0.3) is 0 Å². The van der Waals surface area contributed by atoms with E-state index in [9.17, 15) is 9.59 Å². The monoisotopic (exact) mass is 316 g/mol. The number of nitrogens with one attached hydrogen (secondary N) is 3. The predicted molar refractivity (Wildman–Crippen MR) is 88.3 cm³/mol. The van der Waals surface area contributed by atoms with E-state index in [-0.39, 0.29) is 30.3 Å². The molecule has 23 heavy (non-hydrogen) atoms. The third-order valence-electron chi connectivity index (χ3n) is 4.89. The molecule has 2 heterocycles. The van der Waals surface area contributed by atoms with Crippen LogP contribution in [0.4, 0.5) is 5.69 Å². The molecule has 0 radical (unpaired) electrons. The van der Waals surface area contributed by atoms with E-state index in [2.05, 4.69) is 30.0 Å². The zero-order chi connectivity index (χ0) is 16.4. The Balaban J connectivity index is 1.60. The average Bonchev–Trinajstić information content (AvgIpc) is 3.12. The normalized spacial score (nSPS) is 30.7. The van der Waals surface area contributed by atoms with Crippen LogP contribution in [0.15, 0.2) is 30.3 Å². The van der Waals surface area contributed by atoms with Crippen molar-refractivity contribution < 1.29 is 9.59 Å². The van der Waals surface area contributed by atoms with Gasteiger partial charge in [0.1, 0.15) is 0 Å². The predicted octanol–water partition coefficient (Wildman–Crippen LogP) is 1.00. The second kappa shape index (κ2) is 6.68. The standard InChI is InChI=1S/C17H24N4O2/c1-3-14-11(2)16(20-19-14)18-17(23)12-9-15(22)21(10-12)13-7-5-4-6-8-13/h4-8,11-12,14,16,19-20H,3,9-10H2,1-2H3,(H,18,23). The van der Waals surface area contributed by atoms with Crippen molar-refractivity contribution in [3.05, 3.63) is 30.3 Å². The Morgan fingerprint density at radius 3 is 2.70 bits per heavy atom. The SMILES string of the molecule is CCC1NNC(NC(=O)C2CC(=O)N(c3ccccc3)C2)C1C. The van der Waals surface area contributed by atoms with Crippen LogP contribution in [0.5, 0.6) is 0 Å². The van der Waals surface area contributed by atoms with E-state index in [0.29, 0.717) is 18.5 Å². The van der Waals surface area contributed by atoms with Crippen molar-refractivity contribution in [1.29, 1.82) is 0 Å². The van der Waals surface area contributed by atoms with Crippen molar-refractivity contribution in [3.8, 4) is 0 Å². The number of hydrogen-bond acceptors (Lipinski definition) is 4. The third kappa shape index (κ3) is 3.23. The summed E-state index contributed by atoms with van der Waals surface area (Å²) in [5, 5.41) is 3.04. The molecule has 1 aromatic rings. The van der Waals surface area contributed by atoms with E-state index in [1.54, 1.807) is 4.90 Å². The highest BCUT2D eigenvalue weighted by Crippen LogP contribution is 2.25. The fraction of sp³-hybridized carbons (Fsp3) is 0.529. The highest BCUT2D eigenvalue weighted by molar-refractivity contribution is 6.00. The first-order valence-electron chi connectivity index (χ1n) is 8.27. The van der Waals surface area contributed by atoms with Gasteiger partial charge in [0.2, 0.25) is 11.8 Å². The van der Waals surface area contributed by atoms with Gasteiger partial charge in [0, 0.05) is 30.6 Å². The van der Waals surface area contributed by atoms with Gasteiger partial charge in [-0.05, 0) is 18.6 Å². The number of amides is 2. The Labute approximate surface area is 136 Å². The van der Waals surface area contributed by atoms with Gasteiger partial charge in [0.15, 0.2) is 0 Å². The molecule has 4 atom stereocenters. The summed E-state index contributed by atoms with van der Waals surface area (Å²) in [5.74, 6) is -0.0308. The summed E-state index contributed by atoms with van der Waals surface area (Å²) in [4.78, 5) is 26.4. The quantitative estimate of drug-likeness (QED) is 0.775. The van der Waals surface area contributed by atoms with E-state index in [4.69, 9.17) is 0 Å². The minimum Gasteiger partial charge on any atom is -0.339 e. The number of nitrogens with zero attached hydrogens (tertiary/aromatic N) is 1. The van der Waals surface area contributed by atoms with Gasteiger partial charge in [-0.1, -0.05) is 32.0 Å². The lowest BCUT2D eigenvalue weighted by molar-refractivity contribution is -0.127. The van der Waals surface area contributed by atoms with Gasteiger partial charge in [0.25, 0.3) is 0 Å². The number of benzene rings is 1. The number of para-hydroxylation sites is 1. The number of anilines is 1. The van der Waals surface area contributed by atoms with Crippen LogP contribution in [-0.2, 0) is 9.59 Å². The number of carbonyl (C=O) groups is 2. The maximum Gasteiger partial charge on any atom is 0.227 e. The van der Waals surface area contributed by atoms with Crippen molar-refractivity contribution >= 4 is 17.5 Å². The molecule has 0 spiro atoms. The molecule has 0 bridgehead atoms. The number of rotatable bonds is 4. The molecular weight excluding hydrogens is 292 g/mol. The van der Waals surface area contributed by atoms with Crippen LogP contribution in [-0.4, -0.2) is 30.6 Å². The molecule has 3 N–H and O–H groups in total. The Morgan fingerprint density at radius 2 is 2.04 bits per heavy atom. The lowest BCUT2D eigenvalue weighted by atomic mass is 9.98. The molecule has 6 heteroatoms. The Kier molecular flexibility index (Phi) is 4.63. The summed E-state index contributed by atoms with van der Waals surface area (Å²) in [6.45, 7) is 4.68. The van der Waals surface area contributed by atoms with Gasteiger partial charge in [-0.15, -0.1) is 0 Å². The molecule has 0 aliphatic carbocycles. The Hall–Kier alpha value is -1.92. The Morgan fingerprint density at radius 1 is 1.30 bits per heavy atom. The van der Waals surface area contributed by atoms with E-state index in [1.807, 2.05) is 30.3 Å². The molecule has 2 amide bonds. The zero-order valence-corrected chi connectivity index (χ0v) is 13.6. The van der Waals surface area contributed by atoms with Gasteiger partial charge in [-0.25, -0.2) is 5.43 Å². The summed E-state index contributed by atoms with van der Waals surface area (Å²) < 4.78 is 0. The van der Waals surface area contributed by atoms with E-state index in [0.717, 1.165) is 12.1 Å². The molecule has 0 saturated carbocycles. The molecule has 1 aromatic carbocycles. The van der Waals surface area contributed by atoms with E-state index < -0.39 is 0 Å². The number of carbonyl (C=O) groups excluding carboxylic acids is 2. The average molecular weight is 316 g/mol. The van der Waals surface area contributed by atoms with Gasteiger partial charge in [-0.2, -0.15) is 0 Å². The Bertz CT molecular complexity index is 577. The highest BCUT2D eigenvalue weighted by Gasteiger charge is 2.38. The molecule has 124 valence electrons. The summed E-state index contributed by atoms with van der Waals surface area (Å²) in [6.07, 6.45) is 1.18. The zero-order valence-electron chi connectivity index (χ0n) is 13.6. The van der Waals surface area contributed by atoms with Crippen molar-refractivity contribution in [2.24, 2.45) is 11.8 Å². The molecule has 2 fully saturated rings. The number of hydrazine groups is 1. The molecule has 2 aliphatic heterocycles. The molecule has 2 saturated heterocycles. The maximum atomic E-state index is 12.5. The first kappa shape index (κ1) is 16.0. The molecule has 2 aliphatic rings. The van der Waals surface area contributed by atoms with Crippen LogP contribution < -0.4 is 21.1 Å². The minimum absolute atomic E-state index is 0.00772. The third-order valence-corrected chi connectivity index (χ3v) is 4.89. The van der Waals surface area contributed by atoms with Crippen LogP contribution in [0.1, 0.15) is 26.7 Å². The highest BCUT2D eigenvalue weighted by atomic mass is 16.2. The number of hydrogen-bond donors (Lipinski definition) is 3. The minimum atomic E-state index is -0.294. The molecule has 3 rings (SSSR count). The van der Waals surface area contributed by atoms with Gasteiger partial charge >= 0.3 is 0 Å². The maximum absolute atomic E-state index is 12.5. The first-order chi connectivity index (χ1) is 11.1. The summed E-state index contributed by atoms with van der Waals surface area (Å²) in [6, 6.07) is 9.86. The molecule has 6 nitrogen and oxygen atoms in total. The summed E-state index contributed by atoms with van der Waals surface area (Å²) in [7, 11) is 0. The van der Waals surface area contributed by atoms with Crippen LogP contribution in [0.3, 0.4) is 0 Å². The summed E-state index contributed by atoms with van der Waals surface area (Å²) >= 11 is 0. The van der Waals surface area contributed by atoms with Gasteiger partial charge in [-0.3, -0.25) is 15.0 Å². The first-order valence-corrected chi connectivity index (χ1v) is 8.27.